The number of hydrogen-bond acceptors (Lipinski definition) is 4. The predicted molar refractivity (Wildman–Crippen MR) is 112 cm³/mol. The summed E-state index contributed by atoms with van der Waals surface area (Å²) in [5, 5.41) is 2.81. The summed E-state index contributed by atoms with van der Waals surface area (Å²) in [7, 11) is 2.99. The molecule has 0 spiro atoms. The minimum Gasteiger partial charge on any atom is -0.494 e. The second kappa shape index (κ2) is 10.5. The third-order valence-corrected chi connectivity index (χ3v) is 4.22. The van der Waals surface area contributed by atoms with Gasteiger partial charge in [-0.1, -0.05) is 26.0 Å². The number of carbonyl (C=O) groups is 1. The first kappa shape index (κ1) is 22.3. The van der Waals surface area contributed by atoms with Crippen LogP contribution in [0, 0.1) is 11.7 Å². The highest BCUT2D eigenvalue weighted by Crippen LogP contribution is 2.29. The summed E-state index contributed by atoms with van der Waals surface area (Å²) in [5.74, 6) is 1.10. The van der Waals surface area contributed by atoms with E-state index in [0.717, 1.165) is 5.56 Å². The van der Waals surface area contributed by atoms with E-state index in [4.69, 9.17) is 14.2 Å². The first-order valence-electron chi connectivity index (χ1n) is 9.47. The molecule has 0 saturated carbocycles. The van der Waals surface area contributed by atoms with Gasteiger partial charge in [0.25, 0.3) is 0 Å². The summed E-state index contributed by atoms with van der Waals surface area (Å²) in [6.07, 6.45) is 3.12. The number of nitrogens with one attached hydrogen (secondary N) is 1. The van der Waals surface area contributed by atoms with E-state index in [0.29, 0.717) is 29.6 Å². The minimum absolute atomic E-state index is 0.168. The Morgan fingerprint density at radius 2 is 1.72 bits per heavy atom. The van der Waals surface area contributed by atoms with Gasteiger partial charge in [-0.15, -0.1) is 0 Å². The molecular weight excluding hydrogens is 373 g/mol. The first-order valence-corrected chi connectivity index (χ1v) is 9.47. The molecule has 0 bridgehead atoms. The molecule has 156 valence electrons. The average molecular weight is 401 g/mol. The molecule has 29 heavy (non-hydrogen) atoms. The topological polar surface area (TPSA) is 56.8 Å². The van der Waals surface area contributed by atoms with Crippen LogP contribution in [0.3, 0.4) is 0 Å². The molecule has 0 aliphatic heterocycles. The van der Waals surface area contributed by atoms with Crippen LogP contribution in [0.2, 0.25) is 0 Å². The number of rotatable bonds is 9. The van der Waals surface area contributed by atoms with Crippen molar-refractivity contribution in [1.29, 1.82) is 0 Å². The normalized spacial score (nSPS) is 12.1. The molecule has 0 aliphatic carbocycles. The first-order chi connectivity index (χ1) is 13.8. The fourth-order valence-corrected chi connectivity index (χ4v) is 2.63. The molecular formula is C23H28FNO4. The van der Waals surface area contributed by atoms with Gasteiger partial charge >= 0.3 is 0 Å². The van der Waals surface area contributed by atoms with E-state index in [2.05, 4.69) is 19.2 Å². The zero-order valence-corrected chi connectivity index (χ0v) is 17.5. The Kier molecular flexibility index (Phi) is 8.07. The Bertz CT molecular complexity index is 864. The van der Waals surface area contributed by atoms with Crippen molar-refractivity contribution in [1.82, 2.24) is 5.32 Å². The Hall–Kier alpha value is -3.02. The van der Waals surface area contributed by atoms with Crippen LogP contribution < -0.4 is 19.5 Å². The standard InChI is InChI=1S/C23H28FNO4/c1-15(2)14-29-21-9-6-17(12-22(21)28-5)7-11-23(26)25-16(3)18-8-10-20(27-4)19(24)13-18/h6-13,15-16H,14H2,1-5H3,(H,25,26). The van der Waals surface area contributed by atoms with E-state index in [-0.39, 0.29) is 17.7 Å². The van der Waals surface area contributed by atoms with Crippen LogP contribution in [-0.4, -0.2) is 26.7 Å². The highest BCUT2D eigenvalue weighted by atomic mass is 19.1. The van der Waals surface area contributed by atoms with Crippen LogP contribution in [0.5, 0.6) is 17.2 Å². The third kappa shape index (κ3) is 6.52. The SMILES string of the molecule is COc1ccc(C(C)NC(=O)C=Cc2ccc(OCC(C)C)c(OC)c2)cc1F. The molecule has 6 heteroatoms. The van der Waals surface area contributed by atoms with Crippen molar-refractivity contribution in [2.75, 3.05) is 20.8 Å². The van der Waals surface area contributed by atoms with Crippen molar-refractivity contribution in [3.05, 3.63) is 59.4 Å². The zero-order chi connectivity index (χ0) is 21.4. The predicted octanol–water partition coefficient (Wildman–Crippen LogP) is 4.77. The van der Waals surface area contributed by atoms with E-state index >= 15 is 0 Å². The number of carbonyl (C=O) groups excluding carboxylic acids is 1. The second-order valence-corrected chi connectivity index (χ2v) is 7.07. The molecule has 1 amide bonds. The van der Waals surface area contributed by atoms with Crippen molar-refractivity contribution in [3.63, 3.8) is 0 Å². The Balaban J connectivity index is 2.01. The maximum absolute atomic E-state index is 13.8. The van der Waals surface area contributed by atoms with Gasteiger partial charge in [0.05, 0.1) is 26.9 Å². The Morgan fingerprint density at radius 1 is 1.03 bits per heavy atom. The highest BCUT2D eigenvalue weighted by molar-refractivity contribution is 5.92. The number of ether oxygens (including phenoxy) is 3. The van der Waals surface area contributed by atoms with Gasteiger partial charge in [-0.25, -0.2) is 4.39 Å². The lowest BCUT2D eigenvalue weighted by Crippen LogP contribution is -2.24. The van der Waals surface area contributed by atoms with E-state index < -0.39 is 5.82 Å². The molecule has 0 heterocycles. The van der Waals surface area contributed by atoms with Crippen LogP contribution in [-0.2, 0) is 4.79 Å². The molecule has 0 saturated heterocycles. The lowest BCUT2D eigenvalue weighted by molar-refractivity contribution is -0.117. The molecule has 2 rings (SSSR count). The van der Waals surface area contributed by atoms with Crippen LogP contribution in [0.1, 0.15) is 37.9 Å². The smallest absolute Gasteiger partial charge is 0.244 e. The van der Waals surface area contributed by atoms with Gasteiger partial charge in [0.1, 0.15) is 0 Å². The van der Waals surface area contributed by atoms with E-state index in [9.17, 15) is 9.18 Å². The summed E-state index contributed by atoms with van der Waals surface area (Å²) < 4.78 is 29.9. The van der Waals surface area contributed by atoms with E-state index in [1.165, 1.54) is 19.3 Å². The van der Waals surface area contributed by atoms with Gasteiger partial charge in [-0.05, 0) is 54.3 Å². The molecule has 1 atom stereocenters. The average Bonchev–Trinajstić information content (AvgIpc) is 2.70. The van der Waals surface area contributed by atoms with Crippen molar-refractivity contribution in [2.45, 2.75) is 26.8 Å². The molecule has 1 N–H and O–H groups in total. The molecule has 5 nitrogen and oxygen atoms in total. The van der Waals surface area contributed by atoms with E-state index in [1.807, 2.05) is 18.2 Å². The van der Waals surface area contributed by atoms with Crippen molar-refractivity contribution in [2.24, 2.45) is 5.92 Å². The summed E-state index contributed by atoms with van der Waals surface area (Å²) in [5.41, 5.74) is 1.45. The molecule has 2 aromatic carbocycles. The van der Waals surface area contributed by atoms with Gasteiger partial charge in [0.2, 0.25) is 5.91 Å². The number of hydrogen-bond donors (Lipinski definition) is 1. The fourth-order valence-electron chi connectivity index (χ4n) is 2.63. The fraction of sp³-hybridized carbons (Fsp3) is 0.348. The largest absolute Gasteiger partial charge is 0.494 e. The van der Waals surface area contributed by atoms with Crippen molar-refractivity contribution in [3.8, 4) is 17.2 Å². The molecule has 0 radical (unpaired) electrons. The number of benzene rings is 2. The molecule has 2 aromatic rings. The number of amides is 1. The molecule has 0 aromatic heterocycles. The summed E-state index contributed by atoms with van der Waals surface area (Å²) in [6, 6.07) is 9.74. The maximum atomic E-state index is 13.8. The third-order valence-electron chi connectivity index (χ3n) is 4.22. The van der Waals surface area contributed by atoms with Crippen molar-refractivity contribution >= 4 is 12.0 Å². The van der Waals surface area contributed by atoms with Gasteiger partial charge < -0.3 is 19.5 Å². The van der Waals surface area contributed by atoms with Crippen molar-refractivity contribution < 1.29 is 23.4 Å². The van der Waals surface area contributed by atoms with Gasteiger partial charge in [-0.2, -0.15) is 0 Å². The summed E-state index contributed by atoms with van der Waals surface area (Å²) in [6.45, 7) is 6.53. The monoisotopic (exact) mass is 401 g/mol. The number of methoxy groups -OCH3 is 2. The molecule has 0 fully saturated rings. The highest BCUT2D eigenvalue weighted by Gasteiger charge is 2.11. The second-order valence-electron chi connectivity index (χ2n) is 7.07. The lowest BCUT2D eigenvalue weighted by atomic mass is 10.1. The summed E-state index contributed by atoms with van der Waals surface area (Å²) >= 11 is 0. The molecule has 1 unspecified atom stereocenters. The minimum atomic E-state index is -0.464. The van der Waals surface area contributed by atoms with Crippen LogP contribution in [0.25, 0.3) is 6.08 Å². The molecule has 0 aliphatic rings. The van der Waals surface area contributed by atoms with Crippen LogP contribution >= 0.6 is 0 Å². The van der Waals surface area contributed by atoms with Gasteiger partial charge in [0.15, 0.2) is 23.1 Å². The zero-order valence-electron chi connectivity index (χ0n) is 17.5. The van der Waals surface area contributed by atoms with E-state index in [1.54, 1.807) is 32.2 Å². The Morgan fingerprint density at radius 3 is 2.34 bits per heavy atom. The van der Waals surface area contributed by atoms with Gasteiger partial charge in [-0.3, -0.25) is 4.79 Å². The van der Waals surface area contributed by atoms with Crippen LogP contribution in [0.15, 0.2) is 42.5 Å². The van der Waals surface area contributed by atoms with Gasteiger partial charge in [0, 0.05) is 6.08 Å². The quantitative estimate of drug-likeness (QED) is 0.615. The maximum Gasteiger partial charge on any atom is 0.244 e. The number of halogens is 1. The van der Waals surface area contributed by atoms with Crippen LogP contribution in [0.4, 0.5) is 4.39 Å². The lowest BCUT2D eigenvalue weighted by Gasteiger charge is -2.14. The Labute approximate surface area is 171 Å². The summed E-state index contributed by atoms with van der Waals surface area (Å²) in [4.78, 5) is 12.2.